The number of alkyl halides is 3. The van der Waals surface area contributed by atoms with Crippen LogP contribution in [-0.2, 0) is 0 Å². The molecule has 0 aliphatic heterocycles. The van der Waals surface area contributed by atoms with Gasteiger partial charge < -0.3 is 31.2 Å². The molecule has 0 spiro atoms. The quantitative estimate of drug-likeness (QED) is 0.323. The van der Waals surface area contributed by atoms with Gasteiger partial charge in [0.1, 0.15) is 11.6 Å². The van der Waals surface area contributed by atoms with Crippen LogP contribution in [0.5, 0.6) is 5.75 Å². The smallest absolute Gasteiger partial charge is 0.420 e. The lowest BCUT2D eigenvalue weighted by molar-refractivity contribution is -0.0964. The summed E-state index contributed by atoms with van der Waals surface area (Å²) in [5, 5.41) is 19.1. The Bertz CT molecular complexity index is 949. The molecule has 0 aliphatic carbocycles. The number of aromatic nitrogens is 1. The maximum absolute atomic E-state index is 12.7. The molecule has 8 nitrogen and oxygen atoms in total. The Morgan fingerprint density at radius 2 is 2.10 bits per heavy atom. The van der Waals surface area contributed by atoms with E-state index in [9.17, 15) is 18.7 Å². The number of anilines is 2. The molecule has 1 amide bonds. The van der Waals surface area contributed by atoms with E-state index in [0.29, 0.717) is 30.2 Å². The molecule has 0 bridgehead atoms. The van der Waals surface area contributed by atoms with E-state index in [1.54, 1.807) is 4.90 Å². The van der Waals surface area contributed by atoms with Crippen LogP contribution in [-0.4, -0.2) is 47.5 Å². The van der Waals surface area contributed by atoms with Gasteiger partial charge in [-0.2, -0.15) is 0 Å². The highest BCUT2D eigenvalue weighted by Gasteiger charge is 2.27. The number of hydrogen-bond acceptors (Lipinski definition) is 7. The lowest BCUT2D eigenvalue weighted by Crippen LogP contribution is -2.29. The number of pyridine rings is 1. The first-order valence-corrected chi connectivity index (χ1v) is 9.56. The Kier molecular flexibility index (Phi) is 8.29. The number of amides is 1. The SMILES string of the molecule is CCN(CCO)c1ncc(C(=O)Nc2ccc(OC(F)(F)Cl)cc2)cc1/C(N)=C/C=N. The maximum Gasteiger partial charge on any atom is 0.487 e. The first-order chi connectivity index (χ1) is 14.7. The van der Waals surface area contributed by atoms with Crippen molar-refractivity contribution in [2.75, 3.05) is 29.9 Å². The van der Waals surface area contributed by atoms with Crippen LogP contribution in [0.3, 0.4) is 0 Å². The lowest BCUT2D eigenvalue weighted by atomic mass is 10.1. The summed E-state index contributed by atoms with van der Waals surface area (Å²) in [5.41, 5.74) is 3.39. The third-order valence-corrected chi connectivity index (χ3v) is 4.18. The minimum absolute atomic E-state index is 0.0965. The summed E-state index contributed by atoms with van der Waals surface area (Å²) in [4.78, 5) is 18.8. The zero-order chi connectivity index (χ0) is 23.0. The standard InChI is InChI=1S/C20H22ClF2N5O3/c1-2-28(9-10-29)18-16(17(25)7-8-24)11-13(12-26-18)19(30)27-14-3-5-15(6-4-14)31-20(21,22)23/h3-8,11-12,24,29H,2,9-10,25H2,1H3,(H,27,30)/b17-7-,24-8?. The molecule has 0 atom stereocenters. The van der Waals surface area contributed by atoms with Crippen LogP contribution in [0.4, 0.5) is 20.3 Å². The Labute approximate surface area is 182 Å². The second-order valence-electron chi connectivity index (χ2n) is 6.21. The summed E-state index contributed by atoms with van der Waals surface area (Å²) in [5.74, 6) is -0.212. The van der Waals surface area contributed by atoms with Crippen molar-refractivity contribution in [3.8, 4) is 5.75 Å². The van der Waals surface area contributed by atoms with Gasteiger partial charge >= 0.3 is 5.57 Å². The number of carbonyl (C=O) groups is 1. The van der Waals surface area contributed by atoms with E-state index in [2.05, 4.69) is 15.0 Å². The van der Waals surface area contributed by atoms with Crippen LogP contribution < -0.4 is 20.7 Å². The fourth-order valence-corrected chi connectivity index (χ4v) is 2.79. The van der Waals surface area contributed by atoms with Gasteiger partial charge in [-0.1, -0.05) is 0 Å². The molecule has 1 aromatic heterocycles. The molecule has 0 aliphatic rings. The number of nitrogens with zero attached hydrogens (tertiary/aromatic N) is 2. The molecule has 11 heteroatoms. The third-order valence-electron chi connectivity index (χ3n) is 4.10. The summed E-state index contributed by atoms with van der Waals surface area (Å²) in [7, 11) is 0. The first kappa shape index (κ1) is 24.0. The number of nitrogens with one attached hydrogen (secondary N) is 2. The maximum atomic E-state index is 12.7. The summed E-state index contributed by atoms with van der Waals surface area (Å²) < 4.78 is 29.6. The molecule has 0 unspecified atom stereocenters. The van der Waals surface area contributed by atoms with E-state index in [-0.39, 0.29) is 23.6 Å². The summed E-state index contributed by atoms with van der Waals surface area (Å²) in [6.45, 7) is 2.64. The van der Waals surface area contributed by atoms with Gasteiger partial charge in [0.25, 0.3) is 5.91 Å². The number of nitrogens with two attached hydrogens (primary N) is 1. The normalized spacial score (nSPS) is 11.7. The van der Waals surface area contributed by atoms with Gasteiger partial charge in [-0.25, -0.2) is 4.98 Å². The van der Waals surface area contributed by atoms with Crippen molar-refractivity contribution in [3.63, 3.8) is 0 Å². The number of allylic oxidation sites excluding steroid dienone is 1. The highest BCUT2D eigenvalue weighted by Crippen LogP contribution is 2.27. The van der Waals surface area contributed by atoms with Crippen LogP contribution >= 0.6 is 11.6 Å². The van der Waals surface area contributed by atoms with Crippen LogP contribution in [0, 0.1) is 5.41 Å². The highest BCUT2D eigenvalue weighted by molar-refractivity contribution is 6.20. The average Bonchev–Trinajstić information content (AvgIpc) is 2.72. The molecule has 1 aromatic carbocycles. The van der Waals surface area contributed by atoms with Crippen molar-refractivity contribution in [2.24, 2.45) is 5.73 Å². The van der Waals surface area contributed by atoms with Gasteiger partial charge in [-0.15, -0.1) is 8.78 Å². The van der Waals surface area contributed by atoms with Crippen molar-refractivity contribution in [2.45, 2.75) is 12.5 Å². The van der Waals surface area contributed by atoms with E-state index >= 15 is 0 Å². The minimum Gasteiger partial charge on any atom is -0.420 e. The summed E-state index contributed by atoms with van der Waals surface area (Å²) >= 11 is 4.72. The third kappa shape index (κ3) is 6.90. The molecule has 2 aromatic rings. The van der Waals surface area contributed by atoms with Crippen molar-refractivity contribution < 1.29 is 23.4 Å². The number of hydrogen-bond donors (Lipinski definition) is 4. The molecule has 2 rings (SSSR count). The van der Waals surface area contributed by atoms with E-state index < -0.39 is 11.5 Å². The molecule has 166 valence electrons. The number of aliphatic hydroxyl groups excluding tert-OH is 1. The highest BCUT2D eigenvalue weighted by atomic mass is 35.5. The summed E-state index contributed by atoms with van der Waals surface area (Å²) in [6.07, 6.45) is 3.74. The predicted molar refractivity (Wildman–Crippen MR) is 116 cm³/mol. The Balaban J connectivity index is 2.29. The predicted octanol–water partition coefficient (Wildman–Crippen LogP) is 3.27. The number of likely N-dealkylation sites (N-methyl/N-ethyl adjacent to an activating group) is 1. The van der Waals surface area contributed by atoms with Crippen molar-refractivity contribution in [3.05, 3.63) is 53.7 Å². The monoisotopic (exact) mass is 453 g/mol. The number of ether oxygens (including phenoxy) is 1. The topological polar surface area (TPSA) is 125 Å². The van der Waals surface area contributed by atoms with Crippen molar-refractivity contribution in [1.29, 1.82) is 5.41 Å². The zero-order valence-corrected chi connectivity index (χ0v) is 17.4. The van der Waals surface area contributed by atoms with Gasteiger partial charge in [-0.3, -0.25) is 4.79 Å². The second kappa shape index (κ2) is 10.7. The number of rotatable bonds is 10. The Hall–Kier alpha value is -3.24. The number of aliphatic hydroxyl groups is 1. The van der Waals surface area contributed by atoms with E-state index in [1.165, 1.54) is 42.6 Å². The number of carbonyl (C=O) groups excluding carboxylic acids is 1. The molecule has 0 radical (unpaired) electrons. The molecule has 1 heterocycles. The molecule has 31 heavy (non-hydrogen) atoms. The molecular formula is C20H22ClF2N5O3. The largest absolute Gasteiger partial charge is 0.487 e. The Morgan fingerprint density at radius 1 is 1.42 bits per heavy atom. The van der Waals surface area contributed by atoms with E-state index in [4.69, 9.17) is 22.7 Å². The van der Waals surface area contributed by atoms with Crippen LogP contribution in [0.25, 0.3) is 5.70 Å². The molecular weight excluding hydrogens is 432 g/mol. The number of benzene rings is 1. The zero-order valence-electron chi connectivity index (χ0n) is 16.6. The fraction of sp³-hybridized carbons (Fsp3) is 0.250. The molecule has 0 saturated carbocycles. The minimum atomic E-state index is -3.83. The lowest BCUT2D eigenvalue weighted by Gasteiger charge is -2.24. The van der Waals surface area contributed by atoms with Gasteiger partial charge in [0.2, 0.25) is 0 Å². The van der Waals surface area contributed by atoms with Crippen molar-refractivity contribution in [1.82, 2.24) is 4.98 Å². The van der Waals surface area contributed by atoms with Crippen LogP contribution in [0.1, 0.15) is 22.8 Å². The fourth-order valence-electron chi connectivity index (χ4n) is 2.70. The van der Waals surface area contributed by atoms with Gasteiger partial charge in [-0.05, 0) is 43.3 Å². The van der Waals surface area contributed by atoms with E-state index in [1.807, 2.05) is 6.92 Å². The molecule has 0 saturated heterocycles. The van der Waals surface area contributed by atoms with Gasteiger partial charge in [0, 0.05) is 54.0 Å². The van der Waals surface area contributed by atoms with E-state index in [0.717, 1.165) is 6.21 Å². The van der Waals surface area contributed by atoms with Gasteiger partial charge in [0.15, 0.2) is 0 Å². The first-order valence-electron chi connectivity index (χ1n) is 9.18. The second-order valence-corrected chi connectivity index (χ2v) is 6.65. The molecule has 5 N–H and O–H groups in total. The van der Waals surface area contributed by atoms with Gasteiger partial charge in [0.05, 0.1) is 12.2 Å². The number of halogens is 3. The average molecular weight is 454 g/mol. The van der Waals surface area contributed by atoms with Crippen molar-refractivity contribution >= 4 is 40.9 Å². The summed E-state index contributed by atoms with van der Waals surface area (Å²) in [6, 6.07) is 6.75. The Morgan fingerprint density at radius 3 is 2.65 bits per heavy atom. The molecule has 0 fully saturated rings. The van der Waals surface area contributed by atoms with Crippen LogP contribution in [0.2, 0.25) is 0 Å². The van der Waals surface area contributed by atoms with Crippen LogP contribution in [0.15, 0.2) is 42.6 Å².